The molecule has 0 saturated heterocycles. The highest BCUT2D eigenvalue weighted by atomic mass is 16.5. The molecule has 0 unspecified atom stereocenters. The fourth-order valence-corrected chi connectivity index (χ4v) is 1.16. The Balaban J connectivity index is 2.38. The summed E-state index contributed by atoms with van der Waals surface area (Å²) in [6.07, 6.45) is 3.20. The van der Waals surface area contributed by atoms with Crippen LogP contribution in [0.25, 0.3) is 10.9 Å². The van der Waals surface area contributed by atoms with Crippen LogP contribution in [0.5, 0.6) is 0 Å². The highest BCUT2D eigenvalue weighted by Crippen LogP contribution is 2.10. The molecule has 2 aromatic rings. The van der Waals surface area contributed by atoms with Crippen LogP contribution in [0, 0.1) is 0 Å². The molecule has 5 nitrogen and oxygen atoms in total. The zero-order valence-electron chi connectivity index (χ0n) is 7.65. The molecule has 72 valence electrons. The van der Waals surface area contributed by atoms with Gasteiger partial charge in [-0.15, -0.1) is 0 Å². The van der Waals surface area contributed by atoms with Crippen molar-refractivity contribution in [3.63, 3.8) is 0 Å². The maximum Gasteiger partial charge on any atom is 0.356 e. The van der Waals surface area contributed by atoms with Crippen molar-refractivity contribution in [1.82, 2.24) is 15.2 Å². The van der Waals surface area contributed by atoms with E-state index in [0.29, 0.717) is 12.3 Å². The lowest BCUT2D eigenvalue weighted by Crippen LogP contribution is -2.06. The molecular formula is C9H9N3O2. The number of esters is 1. The van der Waals surface area contributed by atoms with Crippen molar-refractivity contribution in [3.8, 4) is 0 Å². The van der Waals surface area contributed by atoms with Crippen molar-refractivity contribution < 1.29 is 9.53 Å². The summed E-state index contributed by atoms with van der Waals surface area (Å²) in [4.78, 5) is 15.2. The van der Waals surface area contributed by atoms with E-state index in [0.717, 1.165) is 10.9 Å². The van der Waals surface area contributed by atoms with E-state index in [4.69, 9.17) is 4.74 Å². The van der Waals surface area contributed by atoms with E-state index in [1.54, 1.807) is 25.4 Å². The Morgan fingerprint density at radius 1 is 1.57 bits per heavy atom. The Kier molecular flexibility index (Phi) is 2.14. The lowest BCUT2D eigenvalue weighted by atomic mass is 10.3. The number of carbonyl (C=O) groups is 1. The molecule has 0 bridgehead atoms. The fourth-order valence-electron chi connectivity index (χ4n) is 1.16. The van der Waals surface area contributed by atoms with Crippen molar-refractivity contribution in [2.24, 2.45) is 0 Å². The van der Waals surface area contributed by atoms with E-state index in [1.165, 1.54) is 0 Å². The van der Waals surface area contributed by atoms with Gasteiger partial charge in [-0.25, -0.2) is 9.78 Å². The normalized spacial score (nSPS) is 10.4. The van der Waals surface area contributed by atoms with Crippen molar-refractivity contribution in [3.05, 3.63) is 24.2 Å². The number of carbonyl (C=O) groups excluding carboxylic acids is 1. The van der Waals surface area contributed by atoms with Crippen LogP contribution in [0.3, 0.4) is 0 Å². The number of rotatable bonds is 2. The molecule has 0 spiro atoms. The number of fused-ring (bicyclic) bond motifs is 1. The molecule has 0 fully saturated rings. The van der Waals surface area contributed by atoms with E-state index in [-0.39, 0.29) is 0 Å². The maximum absolute atomic E-state index is 11.3. The quantitative estimate of drug-likeness (QED) is 0.722. The second-order valence-corrected chi connectivity index (χ2v) is 2.75. The van der Waals surface area contributed by atoms with Gasteiger partial charge in [0, 0.05) is 5.39 Å². The van der Waals surface area contributed by atoms with E-state index in [1.807, 2.05) is 0 Å². The average molecular weight is 191 g/mol. The standard InChI is InChI=1S/C9H9N3O2/c1-2-14-9(13)7-3-6-4-11-12-8(6)5-10-7/h3-5H,2H2,1H3,(H,11,12). The molecule has 0 saturated carbocycles. The summed E-state index contributed by atoms with van der Waals surface area (Å²) in [7, 11) is 0. The number of aromatic amines is 1. The van der Waals surface area contributed by atoms with Crippen molar-refractivity contribution >= 4 is 16.9 Å². The van der Waals surface area contributed by atoms with Gasteiger partial charge in [-0.05, 0) is 13.0 Å². The van der Waals surface area contributed by atoms with Crippen LogP contribution < -0.4 is 0 Å². The number of ether oxygens (including phenoxy) is 1. The van der Waals surface area contributed by atoms with Crippen LogP contribution in [-0.4, -0.2) is 27.8 Å². The number of pyridine rings is 1. The van der Waals surface area contributed by atoms with Crippen LogP contribution >= 0.6 is 0 Å². The molecular weight excluding hydrogens is 182 g/mol. The SMILES string of the molecule is CCOC(=O)c1cc2cn[nH]c2cn1. The molecule has 2 heterocycles. The molecule has 2 aromatic heterocycles. The zero-order valence-corrected chi connectivity index (χ0v) is 7.65. The predicted molar refractivity (Wildman–Crippen MR) is 49.8 cm³/mol. The van der Waals surface area contributed by atoms with Gasteiger partial charge < -0.3 is 4.74 Å². The number of hydrogen-bond donors (Lipinski definition) is 1. The van der Waals surface area contributed by atoms with Gasteiger partial charge in [-0.1, -0.05) is 0 Å². The zero-order chi connectivity index (χ0) is 9.97. The first-order chi connectivity index (χ1) is 6.81. The van der Waals surface area contributed by atoms with Crippen LogP contribution in [-0.2, 0) is 4.74 Å². The van der Waals surface area contributed by atoms with Crippen LogP contribution in [0.15, 0.2) is 18.5 Å². The van der Waals surface area contributed by atoms with E-state index in [9.17, 15) is 4.79 Å². The number of hydrogen-bond acceptors (Lipinski definition) is 4. The second-order valence-electron chi connectivity index (χ2n) is 2.75. The Labute approximate surface area is 80.1 Å². The number of nitrogens with one attached hydrogen (secondary N) is 1. The first-order valence-electron chi connectivity index (χ1n) is 4.27. The summed E-state index contributed by atoms with van der Waals surface area (Å²) in [5.41, 5.74) is 1.11. The summed E-state index contributed by atoms with van der Waals surface area (Å²) < 4.78 is 4.82. The molecule has 0 amide bonds. The van der Waals surface area contributed by atoms with Crippen LogP contribution in [0.2, 0.25) is 0 Å². The topological polar surface area (TPSA) is 67.9 Å². The average Bonchev–Trinajstić information content (AvgIpc) is 2.64. The van der Waals surface area contributed by atoms with E-state index < -0.39 is 5.97 Å². The van der Waals surface area contributed by atoms with Gasteiger partial charge in [-0.2, -0.15) is 5.10 Å². The summed E-state index contributed by atoms with van der Waals surface area (Å²) >= 11 is 0. The molecule has 0 atom stereocenters. The summed E-state index contributed by atoms with van der Waals surface area (Å²) in [5.74, 6) is -0.407. The van der Waals surface area contributed by atoms with Gasteiger partial charge >= 0.3 is 5.97 Å². The number of nitrogens with zero attached hydrogens (tertiary/aromatic N) is 2. The van der Waals surface area contributed by atoms with E-state index in [2.05, 4.69) is 15.2 Å². The van der Waals surface area contributed by atoms with Gasteiger partial charge in [0.2, 0.25) is 0 Å². The minimum atomic E-state index is -0.407. The first kappa shape index (κ1) is 8.68. The molecule has 14 heavy (non-hydrogen) atoms. The van der Waals surface area contributed by atoms with E-state index >= 15 is 0 Å². The van der Waals surface area contributed by atoms with Crippen molar-refractivity contribution in [1.29, 1.82) is 0 Å². The summed E-state index contributed by atoms with van der Waals surface area (Å²) in [6.45, 7) is 2.11. The van der Waals surface area contributed by atoms with Crippen LogP contribution in [0.1, 0.15) is 17.4 Å². The fraction of sp³-hybridized carbons (Fsp3) is 0.222. The molecule has 0 radical (unpaired) electrons. The first-order valence-corrected chi connectivity index (χ1v) is 4.27. The molecule has 0 aliphatic heterocycles. The molecule has 0 aromatic carbocycles. The molecule has 1 N–H and O–H groups in total. The third-order valence-electron chi connectivity index (χ3n) is 1.81. The van der Waals surface area contributed by atoms with Gasteiger partial charge in [0.05, 0.1) is 24.5 Å². The summed E-state index contributed by atoms with van der Waals surface area (Å²) in [5, 5.41) is 7.43. The molecule has 5 heteroatoms. The summed E-state index contributed by atoms with van der Waals surface area (Å²) in [6, 6.07) is 1.65. The van der Waals surface area contributed by atoms with Crippen LogP contribution in [0.4, 0.5) is 0 Å². The molecule has 0 aliphatic carbocycles. The minimum Gasteiger partial charge on any atom is -0.461 e. The predicted octanol–water partition coefficient (Wildman–Crippen LogP) is 1.13. The Hall–Kier alpha value is -1.91. The van der Waals surface area contributed by atoms with Gasteiger partial charge in [0.1, 0.15) is 5.69 Å². The third kappa shape index (κ3) is 1.44. The Bertz CT molecular complexity index is 464. The van der Waals surface area contributed by atoms with Crippen molar-refractivity contribution in [2.45, 2.75) is 6.92 Å². The van der Waals surface area contributed by atoms with Gasteiger partial charge in [0.15, 0.2) is 0 Å². The number of aromatic nitrogens is 3. The monoisotopic (exact) mass is 191 g/mol. The van der Waals surface area contributed by atoms with Crippen molar-refractivity contribution in [2.75, 3.05) is 6.61 Å². The third-order valence-corrected chi connectivity index (χ3v) is 1.81. The number of H-pyrrole nitrogens is 1. The Morgan fingerprint density at radius 3 is 3.21 bits per heavy atom. The smallest absolute Gasteiger partial charge is 0.356 e. The highest BCUT2D eigenvalue weighted by Gasteiger charge is 2.08. The molecule has 0 aliphatic rings. The Morgan fingerprint density at radius 2 is 2.43 bits per heavy atom. The lowest BCUT2D eigenvalue weighted by molar-refractivity contribution is 0.0520. The largest absolute Gasteiger partial charge is 0.461 e. The second kappa shape index (κ2) is 3.45. The highest BCUT2D eigenvalue weighted by molar-refractivity contribution is 5.91. The maximum atomic E-state index is 11.3. The molecule has 2 rings (SSSR count). The lowest BCUT2D eigenvalue weighted by Gasteiger charge is -1.99. The van der Waals surface area contributed by atoms with Gasteiger partial charge in [-0.3, -0.25) is 5.10 Å². The van der Waals surface area contributed by atoms with Gasteiger partial charge in [0.25, 0.3) is 0 Å². The minimum absolute atomic E-state index is 0.306.